The van der Waals surface area contributed by atoms with Crippen molar-refractivity contribution in [3.63, 3.8) is 0 Å². The Morgan fingerprint density at radius 1 is 1.31 bits per heavy atom. The predicted molar refractivity (Wildman–Crippen MR) is 59.8 cm³/mol. The summed E-state index contributed by atoms with van der Waals surface area (Å²) in [4.78, 5) is 29.5. The van der Waals surface area contributed by atoms with Crippen LogP contribution in [0, 0.1) is 0 Å². The maximum absolute atomic E-state index is 11.9. The lowest BCUT2D eigenvalue weighted by atomic mass is 10.1. The van der Waals surface area contributed by atoms with Crippen LogP contribution in [0.1, 0.15) is 15.2 Å². The van der Waals surface area contributed by atoms with Crippen molar-refractivity contribution >= 4 is 28.3 Å². The third-order valence-electron chi connectivity index (χ3n) is 1.89. The molecule has 0 amide bonds. The zero-order chi connectivity index (χ0) is 11.4. The third-order valence-corrected chi connectivity index (χ3v) is 2.78. The molecule has 0 saturated heterocycles. The molecule has 0 N–H and O–H groups in total. The van der Waals surface area contributed by atoms with Gasteiger partial charge in [0, 0.05) is 5.56 Å². The highest BCUT2D eigenvalue weighted by Crippen LogP contribution is 2.22. The van der Waals surface area contributed by atoms with Crippen molar-refractivity contribution in [2.24, 2.45) is 4.99 Å². The largest absolute Gasteiger partial charge is 0.288 e. The summed E-state index contributed by atoms with van der Waals surface area (Å²) in [7, 11) is 0. The molecule has 2 rings (SSSR count). The zero-order valence-electron chi connectivity index (χ0n) is 8.08. The SMILES string of the molecule is O=C=Nc1ncc(C(=O)c2ccccc2)s1. The molecule has 4 nitrogen and oxygen atoms in total. The van der Waals surface area contributed by atoms with E-state index in [0.29, 0.717) is 10.4 Å². The van der Waals surface area contributed by atoms with E-state index in [4.69, 9.17) is 0 Å². The number of benzene rings is 1. The Labute approximate surface area is 95.3 Å². The summed E-state index contributed by atoms with van der Waals surface area (Å²) in [5.74, 6) is -0.120. The van der Waals surface area contributed by atoms with E-state index in [1.165, 1.54) is 12.3 Å². The summed E-state index contributed by atoms with van der Waals surface area (Å²) in [5.41, 5.74) is 0.591. The van der Waals surface area contributed by atoms with Crippen molar-refractivity contribution in [2.75, 3.05) is 0 Å². The number of carbonyl (C=O) groups excluding carboxylic acids is 2. The first-order chi connectivity index (χ1) is 7.81. The molecule has 16 heavy (non-hydrogen) atoms. The summed E-state index contributed by atoms with van der Waals surface area (Å²) < 4.78 is 0. The molecule has 78 valence electrons. The van der Waals surface area contributed by atoms with Crippen LogP contribution in [-0.4, -0.2) is 16.8 Å². The second kappa shape index (κ2) is 4.61. The lowest BCUT2D eigenvalue weighted by molar-refractivity contribution is 0.104. The van der Waals surface area contributed by atoms with Gasteiger partial charge in [0.15, 0.2) is 0 Å². The van der Waals surface area contributed by atoms with Crippen molar-refractivity contribution in [2.45, 2.75) is 0 Å². The molecule has 1 aromatic carbocycles. The molecule has 0 fully saturated rings. The van der Waals surface area contributed by atoms with E-state index in [1.54, 1.807) is 24.3 Å². The molecule has 0 saturated carbocycles. The van der Waals surface area contributed by atoms with Crippen molar-refractivity contribution in [1.82, 2.24) is 4.98 Å². The molecule has 1 aromatic heterocycles. The fourth-order valence-electron chi connectivity index (χ4n) is 1.19. The summed E-state index contributed by atoms with van der Waals surface area (Å²) >= 11 is 1.07. The van der Waals surface area contributed by atoms with Crippen LogP contribution in [-0.2, 0) is 4.79 Å². The minimum atomic E-state index is -0.120. The number of nitrogens with zero attached hydrogens (tertiary/aromatic N) is 2. The Balaban J connectivity index is 2.31. The molecule has 1 heterocycles. The minimum absolute atomic E-state index is 0.120. The van der Waals surface area contributed by atoms with Crippen molar-refractivity contribution < 1.29 is 9.59 Å². The van der Waals surface area contributed by atoms with Crippen LogP contribution in [0.3, 0.4) is 0 Å². The predicted octanol–water partition coefficient (Wildman–Crippen LogP) is 2.34. The maximum atomic E-state index is 11.9. The number of isocyanates is 1. The summed E-state index contributed by atoms with van der Waals surface area (Å²) in [6, 6.07) is 8.87. The van der Waals surface area contributed by atoms with E-state index < -0.39 is 0 Å². The summed E-state index contributed by atoms with van der Waals surface area (Å²) in [6.07, 6.45) is 2.80. The van der Waals surface area contributed by atoms with E-state index >= 15 is 0 Å². The van der Waals surface area contributed by atoms with Gasteiger partial charge in [-0.1, -0.05) is 41.7 Å². The van der Waals surface area contributed by atoms with Crippen LogP contribution in [0.25, 0.3) is 0 Å². The molecule has 0 atom stereocenters. The Morgan fingerprint density at radius 2 is 2.06 bits per heavy atom. The van der Waals surface area contributed by atoms with Crippen molar-refractivity contribution in [3.8, 4) is 0 Å². The van der Waals surface area contributed by atoms with Crippen LogP contribution < -0.4 is 0 Å². The number of aromatic nitrogens is 1. The van der Waals surface area contributed by atoms with Gasteiger partial charge in [-0.15, -0.1) is 4.99 Å². The summed E-state index contributed by atoms with van der Waals surface area (Å²) in [5, 5.41) is 0.245. The first-order valence-electron chi connectivity index (χ1n) is 4.44. The fourth-order valence-corrected chi connectivity index (χ4v) is 1.89. The topological polar surface area (TPSA) is 59.4 Å². The molecule has 0 aliphatic carbocycles. The van der Waals surface area contributed by atoms with Crippen molar-refractivity contribution in [3.05, 3.63) is 47.0 Å². The molecule has 0 aliphatic heterocycles. The average Bonchev–Trinajstić information content (AvgIpc) is 2.78. The van der Waals surface area contributed by atoms with Gasteiger partial charge in [0.2, 0.25) is 17.0 Å². The van der Waals surface area contributed by atoms with Crippen LogP contribution in [0.15, 0.2) is 41.5 Å². The lowest BCUT2D eigenvalue weighted by Crippen LogP contribution is -1.97. The van der Waals surface area contributed by atoms with Crippen LogP contribution in [0.4, 0.5) is 5.13 Å². The number of carbonyl (C=O) groups is 1. The standard InChI is InChI=1S/C11H6N2O2S/c14-7-13-11-12-6-9(16-11)10(15)8-4-2-1-3-5-8/h1-6H. The second-order valence-corrected chi connectivity index (χ2v) is 3.91. The highest BCUT2D eigenvalue weighted by atomic mass is 32.1. The first-order valence-corrected chi connectivity index (χ1v) is 5.26. The molecule has 0 aliphatic rings. The minimum Gasteiger partial charge on any atom is -0.288 e. The van der Waals surface area contributed by atoms with Crippen molar-refractivity contribution in [1.29, 1.82) is 0 Å². The number of ketones is 1. The molecule has 0 radical (unpaired) electrons. The van der Waals surface area contributed by atoms with Gasteiger partial charge in [-0.3, -0.25) is 4.79 Å². The lowest BCUT2D eigenvalue weighted by Gasteiger charge is -1.94. The van der Waals surface area contributed by atoms with Crippen LogP contribution in [0.2, 0.25) is 0 Å². The van der Waals surface area contributed by atoms with Gasteiger partial charge < -0.3 is 0 Å². The molecular weight excluding hydrogens is 224 g/mol. The zero-order valence-corrected chi connectivity index (χ0v) is 8.90. The van der Waals surface area contributed by atoms with E-state index in [0.717, 1.165) is 11.3 Å². The Hall–Kier alpha value is -2.10. The first kappa shape index (κ1) is 10.4. The van der Waals surface area contributed by atoms with Gasteiger partial charge in [0.25, 0.3) is 0 Å². The Bertz CT molecular complexity index is 556. The second-order valence-electron chi connectivity index (χ2n) is 2.91. The summed E-state index contributed by atoms with van der Waals surface area (Å²) in [6.45, 7) is 0. The smallest absolute Gasteiger partial charge is 0.242 e. The van der Waals surface area contributed by atoms with Gasteiger partial charge in [-0.05, 0) is 0 Å². The molecule has 0 spiro atoms. The van der Waals surface area contributed by atoms with E-state index in [-0.39, 0.29) is 10.9 Å². The third kappa shape index (κ3) is 2.11. The van der Waals surface area contributed by atoms with Gasteiger partial charge in [0.05, 0.1) is 11.1 Å². The van der Waals surface area contributed by atoms with Gasteiger partial charge >= 0.3 is 0 Å². The molecular formula is C11H6N2O2S. The number of hydrogen-bond acceptors (Lipinski definition) is 5. The van der Waals surface area contributed by atoms with E-state index in [2.05, 4.69) is 9.98 Å². The van der Waals surface area contributed by atoms with Crippen LogP contribution >= 0.6 is 11.3 Å². The normalized spacial score (nSPS) is 9.50. The highest BCUT2D eigenvalue weighted by Gasteiger charge is 2.11. The molecule has 5 heteroatoms. The fraction of sp³-hybridized carbons (Fsp3) is 0. The number of thiazole rings is 1. The monoisotopic (exact) mass is 230 g/mol. The number of hydrogen-bond donors (Lipinski definition) is 0. The Kier molecular flexibility index (Phi) is 3.00. The van der Waals surface area contributed by atoms with Gasteiger partial charge in [-0.2, -0.15) is 0 Å². The Morgan fingerprint density at radius 3 is 2.75 bits per heavy atom. The quantitative estimate of drug-likeness (QED) is 0.462. The number of aliphatic imine (C=N–C) groups is 1. The van der Waals surface area contributed by atoms with E-state index in [1.807, 2.05) is 6.07 Å². The van der Waals surface area contributed by atoms with Gasteiger partial charge in [0.1, 0.15) is 0 Å². The van der Waals surface area contributed by atoms with Crippen LogP contribution in [0.5, 0.6) is 0 Å². The molecule has 2 aromatic rings. The molecule has 0 bridgehead atoms. The highest BCUT2D eigenvalue weighted by molar-refractivity contribution is 7.17. The number of rotatable bonds is 3. The van der Waals surface area contributed by atoms with E-state index in [9.17, 15) is 9.59 Å². The molecule has 0 unspecified atom stereocenters. The average molecular weight is 230 g/mol. The maximum Gasteiger partial charge on any atom is 0.242 e. The van der Waals surface area contributed by atoms with Gasteiger partial charge in [-0.25, -0.2) is 9.78 Å².